The second kappa shape index (κ2) is 8.40. The number of carbonyl (C=O) groups is 1. The van der Waals surface area contributed by atoms with Gasteiger partial charge in [0, 0.05) is 32.3 Å². The van der Waals surface area contributed by atoms with E-state index in [-0.39, 0.29) is 18.0 Å². The maximum atomic E-state index is 13.1. The van der Waals surface area contributed by atoms with Gasteiger partial charge in [-0.2, -0.15) is 10.2 Å². The maximum absolute atomic E-state index is 13.1. The van der Waals surface area contributed by atoms with Crippen molar-refractivity contribution in [2.75, 3.05) is 44.8 Å². The fourth-order valence-electron chi connectivity index (χ4n) is 4.74. The van der Waals surface area contributed by atoms with Gasteiger partial charge < -0.3 is 19.8 Å². The van der Waals surface area contributed by atoms with Crippen LogP contribution in [0.25, 0.3) is 37.2 Å². The number of aryl methyl sites for hydroxylation is 1. The average Bonchev–Trinajstić information content (AvgIpc) is 3.57. The molecule has 2 aliphatic rings. The minimum atomic E-state index is -0.257. The summed E-state index contributed by atoms with van der Waals surface area (Å²) in [6.45, 7) is 4.48. The summed E-state index contributed by atoms with van der Waals surface area (Å²) in [5.74, 6) is 0.613. The third kappa shape index (κ3) is 3.54. The highest BCUT2D eigenvalue weighted by Crippen LogP contribution is 2.38. The van der Waals surface area contributed by atoms with Crippen molar-refractivity contribution in [1.29, 1.82) is 0 Å². The Morgan fingerprint density at radius 2 is 2.06 bits per heavy atom. The van der Waals surface area contributed by atoms with Crippen LogP contribution in [0, 0.1) is 0 Å². The highest BCUT2D eigenvalue weighted by molar-refractivity contribution is 7.21. The second-order valence-electron chi connectivity index (χ2n) is 8.87. The van der Waals surface area contributed by atoms with E-state index in [9.17, 15) is 9.59 Å². The number of anilines is 1. The zero-order valence-corrected chi connectivity index (χ0v) is 20.0. The molecule has 5 aromatic rings. The molecule has 1 saturated heterocycles. The van der Waals surface area contributed by atoms with Gasteiger partial charge in [0.25, 0.3) is 5.56 Å². The average molecular weight is 507 g/mol. The summed E-state index contributed by atoms with van der Waals surface area (Å²) in [4.78, 5) is 36.7. The minimum Gasteiger partial charge on any atom is -0.477 e. The number of hydrogen-bond donors (Lipinski definition) is 2. The van der Waals surface area contributed by atoms with E-state index in [4.69, 9.17) is 9.47 Å². The topological polar surface area (TPSA) is 132 Å². The van der Waals surface area contributed by atoms with Gasteiger partial charge in [-0.25, -0.2) is 9.20 Å². The molecule has 7 rings (SSSR count). The number of H-pyrrole nitrogens is 1. The lowest BCUT2D eigenvalue weighted by Gasteiger charge is -2.25. The van der Waals surface area contributed by atoms with Crippen LogP contribution in [0.1, 0.15) is 6.42 Å². The first-order chi connectivity index (χ1) is 17.6. The molecule has 1 fully saturated rings. The van der Waals surface area contributed by atoms with Crippen molar-refractivity contribution in [2.45, 2.75) is 13.0 Å². The smallest absolute Gasteiger partial charge is 0.261 e. The summed E-state index contributed by atoms with van der Waals surface area (Å²) in [6.07, 6.45) is 6.21. The van der Waals surface area contributed by atoms with E-state index in [2.05, 4.69) is 25.5 Å². The standard InChI is InChI=1S/C23H22N8O4S/c32-17(12-29-3-6-34-7-4-29)26-13-8-15-19(24-9-13)20-18(21(33)27-15)23-31(28-20)11-16(36-23)14-10-25-30-2-1-5-35-22(14)30/h8-11H,1-7,12H2,(H,26,32)(H,27,33). The lowest BCUT2D eigenvalue weighted by atomic mass is 10.2. The Morgan fingerprint density at radius 3 is 2.94 bits per heavy atom. The Balaban J connectivity index is 1.22. The van der Waals surface area contributed by atoms with Crippen molar-refractivity contribution >= 4 is 49.7 Å². The molecule has 12 nitrogen and oxygen atoms in total. The summed E-state index contributed by atoms with van der Waals surface area (Å²) in [5, 5.41) is 12.5. The van der Waals surface area contributed by atoms with Crippen molar-refractivity contribution in [3.05, 3.63) is 35.0 Å². The summed E-state index contributed by atoms with van der Waals surface area (Å²) in [5.41, 5.74) is 2.76. The number of aromatic amines is 1. The van der Waals surface area contributed by atoms with E-state index in [1.54, 1.807) is 23.0 Å². The van der Waals surface area contributed by atoms with Crippen LogP contribution in [0.2, 0.25) is 0 Å². The molecule has 5 aromatic heterocycles. The van der Waals surface area contributed by atoms with Crippen LogP contribution in [0.3, 0.4) is 0 Å². The molecule has 0 aromatic carbocycles. The van der Waals surface area contributed by atoms with E-state index >= 15 is 0 Å². The zero-order valence-electron chi connectivity index (χ0n) is 19.2. The van der Waals surface area contributed by atoms with Crippen LogP contribution in [0.5, 0.6) is 5.88 Å². The van der Waals surface area contributed by atoms with Crippen LogP contribution < -0.4 is 15.6 Å². The van der Waals surface area contributed by atoms with Gasteiger partial charge in [-0.1, -0.05) is 0 Å². The van der Waals surface area contributed by atoms with Crippen LogP contribution in [-0.2, 0) is 16.1 Å². The van der Waals surface area contributed by atoms with Crippen LogP contribution >= 0.6 is 11.3 Å². The van der Waals surface area contributed by atoms with E-state index in [0.717, 1.165) is 47.2 Å². The van der Waals surface area contributed by atoms with Crippen LogP contribution in [0.15, 0.2) is 29.5 Å². The number of pyridine rings is 2. The number of nitrogens with zero attached hydrogens (tertiary/aromatic N) is 6. The van der Waals surface area contributed by atoms with E-state index in [0.29, 0.717) is 47.4 Å². The van der Waals surface area contributed by atoms with Gasteiger partial charge in [-0.05, 0) is 6.07 Å². The van der Waals surface area contributed by atoms with E-state index in [1.165, 1.54) is 11.3 Å². The predicted octanol–water partition coefficient (Wildman–Crippen LogP) is 1.70. The molecule has 1 amide bonds. The first kappa shape index (κ1) is 21.5. The fraction of sp³-hybridized carbons (Fsp3) is 0.348. The Hall–Kier alpha value is -3.81. The summed E-state index contributed by atoms with van der Waals surface area (Å²) in [6, 6.07) is 1.72. The molecular weight excluding hydrogens is 484 g/mol. The SMILES string of the molecule is O=C(CN1CCOCC1)Nc1cnc2c(c1)[nH]c(=O)c1c2nn2cc(-c3cnn4c3OCCC4)sc12. The van der Waals surface area contributed by atoms with Crippen molar-refractivity contribution in [3.63, 3.8) is 0 Å². The Morgan fingerprint density at radius 1 is 1.17 bits per heavy atom. The van der Waals surface area contributed by atoms with Gasteiger partial charge in [0.05, 0.1) is 60.4 Å². The molecule has 0 bridgehead atoms. The molecule has 184 valence electrons. The number of fused-ring (bicyclic) bond motifs is 6. The zero-order chi connectivity index (χ0) is 24.2. The predicted molar refractivity (Wildman–Crippen MR) is 134 cm³/mol. The van der Waals surface area contributed by atoms with Gasteiger partial charge >= 0.3 is 0 Å². The summed E-state index contributed by atoms with van der Waals surface area (Å²) >= 11 is 1.46. The maximum Gasteiger partial charge on any atom is 0.261 e. The minimum absolute atomic E-state index is 0.136. The molecule has 13 heteroatoms. The fourth-order valence-corrected chi connectivity index (χ4v) is 5.83. The first-order valence-electron chi connectivity index (χ1n) is 11.8. The van der Waals surface area contributed by atoms with Gasteiger partial charge in [-0.15, -0.1) is 11.3 Å². The van der Waals surface area contributed by atoms with E-state index in [1.807, 2.05) is 15.8 Å². The van der Waals surface area contributed by atoms with Crippen LogP contribution in [-0.4, -0.2) is 79.6 Å². The summed E-state index contributed by atoms with van der Waals surface area (Å²) in [7, 11) is 0. The quantitative estimate of drug-likeness (QED) is 0.377. The molecule has 0 saturated carbocycles. The molecule has 0 atom stereocenters. The Kier molecular flexibility index (Phi) is 5.01. The van der Waals surface area contributed by atoms with Crippen LogP contribution in [0.4, 0.5) is 5.69 Å². The van der Waals surface area contributed by atoms with Gasteiger partial charge in [0.15, 0.2) is 0 Å². The number of aromatic nitrogens is 6. The molecule has 0 spiro atoms. The monoisotopic (exact) mass is 506 g/mol. The highest BCUT2D eigenvalue weighted by Gasteiger charge is 2.22. The number of hydrogen-bond acceptors (Lipinski definition) is 9. The molecule has 0 aliphatic carbocycles. The van der Waals surface area contributed by atoms with Crippen molar-refractivity contribution in [2.24, 2.45) is 0 Å². The first-order valence-corrected chi connectivity index (χ1v) is 12.6. The van der Waals surface area contributed by atoms with Crippen molar-refractivity contribution < 1.29 is 14.3 Å². The van der Waals surface area contributed by atoms with E-state index < -0.39 is 0 Å². The number of amides is 1. The highest BCUT2D eigenvalue weighted by atomic mass is 32.1. The molecule has 36 heavy (non-hydrogen) atoms. The number of nitrogens with one attached hydrogen (secondary N) is 2. The number of morpholine rings is 1. The van der Waals surface area contributed by atoms with Gasteiger partial charge in [0.1, 0.15) is 21.3 Å². The third-order valence-electron chi connectivity index (χ3n) is 6.46. The van der Waals surface area contributed by atoms with Crippen molar-refractivity contribution in [3.8, 4) is 16.3 Å². The summed E-state index contributed by atoms with van der Waals surface area (Å²) < 4.78 is 14.7. The third-order valence-corrected chi connectivity index (χ3v) is 7.59. The second-order valence-corrected chi connectivity index (χ2v) is 9.90. The number of thiazole rings is 1. The normalized spacial score (nSPS) is 16.4. The molecule has 0 unspecified atom stereocenters. The number of carbonyl (C=O) groups excluding carboxylic acids is 1. The van der Waals surface area contributed by atoms with Gasteiger partial charge in [-0.3, -0.25) is 19.5 Å². The molecule has 2 N–H and O–H groups in total. The molecule has 2 aliphatic heterocycles. The lowest BCUT2D eigenvalue weighted by molar-refractivity contribution is -0.118. The Labute approximate surface area is 207 Å². The lowest BCUT2D eigenvalue weighted by Crippen LogP contribution is -2.41. The number of rotatable bonds is 4. The molecule has 0 radical (unpaired) electrons. The Bertz CT molecular complexity index is 1690. The van der Waals surface area contributed by atoms with Gasteiger partial charge in [0.2, 0.25) is 11.8 Å². The molecular formula is C23H22N8O4S. The molecule has 7 heterocycles. The number of ether oxygens (including phenoxy) is 2. The largest absolute Gasteiger partial charge is 0.477 e. The van der Waals surface area contributed by atoms with Crippen molar-refractivity contribution in [1.82, 2.24) is 34.3 Å².